The van der Waals surface area contributed by atoms with Crippen LogP contribution in [0.5, 0.6) is 0 Å². The van der Waals surface area contributed by atoms with Gasteiger partial charge in [0.05, 0.1) is 0 Å². The second-order valence-corrected chi connectivity index (χ2v) is 3.54. The fourth-order valence-corrected chi connectivity index (χ4v) is 0.817. The Morgan fingerprint density at radius 2 is 2.23 bits per heavy atom. The normalized spacial score (nSPS) is 11.7. The third-order valence-corrected chi connectivity index (χ3v) is 1.95. The molecule has 0 saturated heterocycles. The zero-order chi connectivity index (χ0) is 10.1. The number of nitrogens with zero attached hydrogens (tertiary/aromatic N) is 4. The van der Waals surface area contributed by atoms with Crippen LogP contribution < -0.4 is 5.73 Å². The van der Waals surface area contributed by atoms with Gasteiger partial charge in [-0.2, -0.15) is 0 Å². The maximum absolute atomic E-state index is 11.7. The predicted octanol–water partition coefficient (Wildman–Crippen LogP) is -0.622. The fourth-order valence-electron chi connectivity index (χ4n) is 0.817. The maximum Gasteiger partial charge on any atom is 0.218 e. The second kappa shape index (κ2) is 3.21. The lowest BCUT2D eigenvalue weighted by Crippen LogP contribution is -2.34. The standard InChI is InChI=1S/C7H13N5O/c1-7(2,4-8)5(13)6-9-10-11-12(6)3/h4,8H2,1-3H3. The number of carbonyl (C=O) groups excluding carboxylic acids is 1. The van der Waals surface area contributed by atoms with E-state index in [4.69, 9.17) is 5.73 Å². The van der Waals surface area contributed by atoms with Crippen LogP contribution in [-0.2, 0) is 7.05 Å². The maximum atomic E-state index is 11.7. The Labute approximate surface area is 76.1 Å². The summed E-state index contributed by atoms with van der Waals surface area (Å²) in [5, 5.41) is 10.6. The number of ketones is 1. The smallest absolute Gasteiger partial charge is 0.218 e. The first-order chi connectivity index (χ1) is 5.99. The molecule has 72 valence electrons. The van der Waals surface area contributed by atoms with E-state index >= 15 is 0 Å². The molecule has 0 radical (unpaired) electrons. The van der Waals surface area contributed by atoms with Gasteiger partial charge in [0.15, 0.2) is 0 Å². The van der Waals surface area contributed by atoms with Gasteiger partial charge in [-0.05, 0) is 10.4 Å². The summed E-state index contributed by atoms with van der Waals surface area (Å²) in [6.45, 7) is 3.81. The number of rotatable bonds is 3. The molecule has 1 rings (SSSR count). The average Bonchev–Trinajstić information content (AvgIpc) is 2.50. The van der Waals surface area contributed by atoms with Crippen LogP contribution >= 0.6 is 0 Å². The summed E-state index contributed by atoms with van der Waals surface area (Å²) >= 11 is 0. The van der Waals surface area contributed by atoms with Gasteiger partial charge in [0.25, 0.3) is 0 Å². The average molecular weight is 183 g/mol. The molecule has 13 heavy (non-hydrogen) atoms. The Balaban J connectivity index is 2.98. The van der Waals surface area contributed by atoms with E-state index in [-0.39, 0.29) is 18.2 Å². The second-order valence-electron chi connectivity index (χ2n) is 3.54. The molecule has 0 aliphatic rings. The van der Waals surface area contributed by atoms with Crippen molar-refractivity contribution in [3.63, 3.8) is 0 Å². The number of carbonyl (C=O) groups is 1. The van der Waals surface area contributed by atoms with Crippen LogP contribution in [0.1, 0.15) is 24.5 Å². The van der Waals surface area contributed by atoms with E-state index in [0.29, 0.717) is 0 Å². The zero-order valence-electron chi connectivity index (χ0n) is 7.98. The number of hydrogen-bond donors (Lipinski definition) is 1. The Morgan fingerprint density at radius 3 is 2.62 bits per heavy atom. The first-order valence-corrected chi connectivity index (χ1v) is 3.96. The van der Waals surface area contributed by atoms with E-state index in [1.807, 2.05) is 0 Å². The summed E-state index contributed by atoms with van der Waals surface area (Å²) in [6, 6.07) is 0. The minimum absolute atomic E-state index is 0.137. The van der Waals surface area contributed by atoms with E-state index in [2.05, 4.69) is 15.5 Å². The molecule has 0 unspecified atom stereocenters. The Hall–Kier alpha value is -1.30. The van der Waals surface area contributed by atoms with Crippen molar-refractivity contribution in [1.29, 1.82) is 0 Å². The summed E-state index contributed by atoms with van der Waals surface area (Å²) < 4.78 is 1.35. The van der Waals surface area contributed by atoms with Crippen molar-refractivity contribution in [2.75, 3.05) is 6.54 Å². The van der Waals surface area contributed by atoms with Gasteiger partial charge in [0, 0.05) is 19.0 Å². The van der Waals surface area contributed by atoms with Crippen LogP contribution in [0.15, 0.2) is 0 Å². The summed E-state index contributed by atoms with van der Waals surface area (Å²) in [6.07, 6.45) is 0. The Kier molecular flexibility index (Phi) is 2.42. The minimum Gasteiger partial charge on any atom is -0.329 e. The summed E-state index contributed by atoms with van der Waals surface area (Å²) in [5.41, 5.74) is 4.86. The number of aromatic nitrogens is 4. The molecule has 1 heterocycles. The van der Waals surface area contributed by atoms with Crippen molar-refractivity contribution in [3.8, 4) is 0 Å². The van der Waals surface area contributed by atoms with Gasteiger partial charge in [0.2, 0.25) is 11.6 Å². The van der Waals surface area contributed by atoms with E-state index in [1.54, 1.807) is 20.9 Å². The zero-order valence-corrected chi connectivity index (χ0v) is 7.98. The number of aryl methyl sites for hydroxylation is 1. The molecule has 0 aliphatic carbocycles. The lowest BCUT2D eigenvalue weighted by atomic mass is 9.88. The number of Topliss-reactive ketones (excluding diaryl/α,β-unsaturated/α-hetero) is 1. The largest absolute Gasteiger partial charge is 0.329 e. The molecule has 0 aliphatic heterocycles. The van der Waals surface area contributed by atoms with Crippen LogP contribution in [-0.4, -0.2) is 32.5 Å². The van der Waals surface area contributed by atoms with Crippen molar-refractivity contribution in [1.82, 2.24) is 20.2 Å². The van der Waals surface area contributed by atoms with Gasteiger partial charge in [-0.15, -0.1) is 5.10 Å². The molecule has 6 nitrogen and oxygen atoms in total. The molecule has 1 aromatic rings. The van der Waals surface area contributed by atoms with E-state index in [9.17, 15) is 4.79 Å². The number of tetrazole rings is 1. The molecule has 0 amide bonds. The molecule has 0 spiro atoms. The van der Waals surface area contributed by atoms with Crippen LogP contribution in [0.25, 0.3) is 0 Å². The highest BCUT2D eigenvalue weighted by atomic mass is 16.1. The van der Waals surface area contributed by atoms with Gasteiger partial charge in [0.1, 0.15) is 0 Å². The molecule has 0 atom stereocenters. The molecule has 6 heteroatoms. The van der Waals surface area contributed by atoms with Crippen LogP contribution in [0.3, 0.4) is 0 Å². The predicted molar refractivity (Wildman–Crippen MR) is 46.0 cm³/mol. The fraction of sp³-hybridized carbons (Fsp3) is 0.714. The quantitative estimate of drug-likeness (QED) is 0.631. The van der Waals surface area contributed by atoms with Gasteiger partial charge in [-0.1, -0.05) is 13.8 Å². The molecule has 2 N–H and O–H groups in total. The topological polar surface area (TPSA) is 86.7 Å². The molecule has 0 aromatic carbocycles. The third-order valence-electron chi connectivity index (χ3n) is 1.95. The summed E-state index contributed by atoms with van der Waals surface area (Å²) in [7, 11) is 1.62. The Bertz CT molecular complexity index is 316. The van der Waals surface area contributed by atoms with Crippen LogP contribution in [0.4, 0.5) is 0 Å². The van der Waals surface area contributed by atoms with Gasteiger partial charge < -0.3 is 5.73 Å². The van der Waals surface area contributed by atoms with Crippen molar-refractivity contribution >= 4 is 5.78 Å². The highest BCUT2D eigenvalue weighted by Crippen LogP contribution is 2.17. The third kappa shape index (κ3) is 1.72. The molecule has 0 bridgehead atoms. The lowest BCUT2D eigenvalue weighted by Gasteiger charge is -2.18. The molecular formula is C7H13N5O. The first-order valence-electron chi connectivity index (χ1n) is 3.96. The van der Waals surface area contributed by atoms with Gasteiger partial charge >= 0.3 is 0 Å². The van der Waals surface area contributed by atoms with Crippen molar-refractivity contribution in [2.24, 2.45) is 18.2 Å². The first kappa shape index (κ1) is 9.79. The van der Waals surface area contributed by atoms with Gasteiger partial charge in [-0.25, -0.2) is 4.68 Å². The number of hydrogen-bond acceptors (Lipinski definition) is 5. The van der Waals surface area contributed by atoms with E-state index < -0.39 is 5.41 Å². The molecule has 0 fully saturated rings. The molecule has 1 aromatic heterocycles. The monoisotopic (exact) mass is 183 g/mol. The SMILES string of the molecule is Cn1nnnc1C(=O)C(C)(C)CN. The highest BCUT2D eigenvalue weighted by molar-refractivity contribution is 5.96. The summed E-state index contributed by atoms with van der Waals surface area (Å²) in [4.78, 5) is 11.7. The van der Waals surface area contributed by atoms with Crippen LogP contribution in [0, 0.1) is 5.41 Å². The van der Waals surface area contributed by atoms with Crippen molar-refractivity contribution in [3.05, 3.63) is 5.82 Å². The van der Waals surface area contributed by atoms with Gasteiger partial charge in [-0.3, -0.25) is 4.79 Å². The lowest BCUT2D eigenvalue weighted by molar-refractivity contribution is 0.0831. The van der Waals surface area contributed by atoms with Crippen molar-refractivity contribution < 1.29 is 4.79 Å². The Morgan fingerprint density at radius 1 is 1.62 bits per heavy atom. The van der Waals surface area contributed by atoms with E-state index in [1.165, 1.54) is 4.68 Å². The highest BCUT2D eigenvalue weighted by Gasteiger charge is 2.30. The minimum atomic E-state index is -0.609. The van der Waals surface area contributed by atoms with Crippen LogP contribution in [0.2, 0.25) is 0 Å². The van der Waals surface area contributed by atoms with Crippen molar-refractivity contribution in [2.45, 2.75) is 13.8 Å². The summed E-state index contributed by atoms with van der Waals surface area (Å²) in [5.74, 6) is 0.109. The molecular weight excluding hydrogens is 170 g/mol. The molecule has 0 saturated carbocycles. The van der Waals surface area contributed by atoms with E-state index in [0.717, 1.165) is 0 Å². The number of nitrogens with two attached hydrogens (primary N) is 1.